The summed E-state index contributed by atoms with van der Waals surface area (Å²) in [4.78, 5) is 0. The fraction of sp³-hybridized carbons (Fsp3) is 0.300. The molecule has 0 amide bonds. The highest BCUT2D eigenvalue weighted by molar-refractivity contribution is 5.32. The third-order valence-corrected chi connectivity index (χ3v) is 1.85. The summed E-state index contributed by atoms with van der Waals surface area (Å²) >= 11 is 0. The zero-order chi connectivity index (χ0) is 9.19. The number of rotatable bonds is 1. The lowest BCUT2D eigenvalue weighted by Gasteiger charge is -2.15. The average molecular weight is 160 g/mol. The summed E-state index contributed by atoms with van der Waals surface area (Å²) < 4.78 is 0. The number of hydrogen-bond acceptors (Lipinski definition) is 2. The van der Waals surface area contributed by atoms with E-state index in [1.165, 1.54) is 0 Å². The second-order valence-corrected chi connectivity index (χ2v) is 3.18. The predicted molar refractivity (Wildman–Crippen MR) is 48.3 cm³/mol. The monoisotopic (exact) mass is 160 g/mol. The maximum atomic E-state index is 8.76. The van der Waals surface area contributed by atoms with E-state index in [9.17, 15) is 0 Å². The van der Waals surface area contributed by atoms with E-state index in [1.54, 1.807) is 6.92 Å². The lowest BCUT2D eigenvalue weighted by Crippen LogP contribution is -2.30. The summed E-state index contributed by atoms with van der Waals surface area (Å²) in [5.74, 6) is 0. The van der Waals surface area contributed by atoms with Gasteiger partial charge in [-0.2, -0.15) is 5.26 Å². The fourth-order valence-electron chi connectivity index (χ4n) is 1.03. The van der Waals surface area contributed by atoms with Crippen molar-refractivity contribution in [1.29, 1.82) is 5.26 Å². The molecule has 1 rings (SSSR count). The molecule has 1 aromatic rings. The molecule has 0 radical (unpaired) electrons. The predicted octanol–water partition coefficient (Wildman–Crippen LogP) is 1.69. The minimum absolute atomic E-state index is 0.866. The van der Waals surface area contributed by atoms with Crippen LogP contribution in [0.25, 0.3) is 0 Å². The Labute approximate surface area is 72.6 Å². The van der Waals surface area contributed by atoms with E-state index >= 15 is 0 Å². The number of nitriles is 1. The van der Waals surface area contributed by atoms with Gasteiger partial charge in [-0.05, 0) is 19.4 Å². The van der Waals surface area contributed by atoms with Gasteiger partial charge in [0.25, 0.3) is 0 Å². The fourth-order valence-corrected chi connectivity index (χ4v) is 1.03. The molecule has 2 heteroatoms. The highest BCUT2D eigenvalue weighted by Gasteiger charge is 2.19. The Morgan fingerprint density at radius 1 is 1.50 bits per heavy atom. The molecule has 0 saturated carbocycles. The van der Waals surface area contributed by atoms with Crippen molar-refractivity contribution in [1.82, 2.24) is 0 Å². The van der Waals surface area contributed by atoms with Crippen molar-refractivity contribution in [3.8, 4) is 6.07 Å². The molecular formula is C10H12N2. The summed E-state index contributed by atoms with van der Waals surface area (Å²) in [6, 6.07) is 9.76. The van der Waals surface area contributed by atoms with Crippen LogP contribution in [-0.4, -0.2) is 0 Å². The summed E-state index contributed by atoms with van der Waals surface area (Å²) in [5, 5.41) is 8.76. The molecule has 1 unspecified atom stereocenters. The average Bonchev–Trinajstić information content (AvgIpc) is 2.05. The third-order valence-electron chi connectivity index (χ3n) is 1.85. The Morgan fingerprint density at radius 3 is 2.67 bits per heavy atom. The zero-order valence-corrected chi connectivity index (χ0v) is 7.33. The maximum absolute atomic E-state index is 8.76. The molecule has 0 aliphatic carbocycles. The Morgan fingerprint density at radius 2 is 2.17 bits per heavy atom. The van der Waals surface area contributed by atoms with Gasteiger partial charge in [-0.1, -0.05) is 29.8 Å². The van der Waals surface area contributed by atoms with Crippen molar-refractivity contribution < 1.29 is 0 Å². The molecule has 1 aromatic carbocycles. The minimum atomic E-state index is -0.869. The van der Waals surface area contributed by atoms with Crippen LogP contribution < -0.4 is 5.73 Å². The number of hydrogen-bond donors (Lipinski definition) is 1. The summed E-state index contributed by atoms with van der Waals surface area (Å²) in [6.45, 7) is 3.69. The SMILES string of the molecule is Cc1cccc(C(C)(N)C#N)c1. The van der Waals surface area contributed by atoms with Gasteiger partial charge in [-0.3, -0.25) is 0 Å². The van der Waals surface area contributed by atoms with Gasteiger partial charge in [0.05, 0.1) is 6.07 Å². The molecule has 2 N–H and O–H groups in total. The van der Waals surface area contributed by atoms with E-state index in [0.29, 0.717) is 0 Å². The molecule has 62 valence electrons. The maximum Gasteiger partial charge on any atom is 0.126 e. The second kappa shape index (κ2) is 2.96. The van der Waals surface area contributed by atoms with Crippen molar-refractivity contribution in [2.24, 2.45) is 5.73 Å². The Balaban J connectivity index is 3.14. The molecule has 0 fully saturated rings. The molecule has 0 aliphatic heterocycles. The van der Waals surface area contributed by atoms with E-state index in [4.69, 9.17) is 11.0 Å². The number of aryl methyl sites for hydroxylation is 1. The highest BCUT2D eigenvalue weighted by Crippen LogP contribution is 2.17. The Bertz CT molecular complexity index is 321. The van der Waals surface area contributed by atoms with Crippen molar-refractivity contribution >= 4 is 0 Å². The van der Waals surface area contributed by atoms with Gasteiger partial charge in [0, 0.05) is 0 Å². The standard InChI is InChI=1S/C10H12N2/c1-8-4-3-5-9(6-8)10(2,12)7-11/h3-6H,12H2,1-2H3. The van der Waals surface area contributed by atoms with Crippen LogP contribution in [0.5, 0.6) is 0 Å². The van der Waals surface area contributed by atoms with Crippen LogP contribution in [0.15, 0.2) is 24.3 Å². The van der Waals surface area contributed by atoms with E-state index in [1.807, 2.05) is 31.2 Å². The first kappa shape index (κ1) is 8.76. The summed E-state index contributed by atoms with van der Waals surface area (Å²) in [5.41, 5.74) is 6.87. The van der Waals surface area contributed by atoms with Gasteiger partial charge in [0.15, 0.2) is 0 Å². The molecule has 2 nitrogen and oxygen atoms in total. The first-order chi connectivity index (χ1) is 5.56. The molecule has 12 heavy (non-hydrogen) atoms. The first-order valence-electron chi connectivity index (χ1n) is 3.83. The van der Waals surface area contributed by atoms with Gasteiger partial charge >= 0.3 is 0 Å². The van der Waals surface area contributed by atoms with Crippen LogP contribution >= 0.6 is 0 Å². The molecule has 0 aromatic heterocycles. The normalized spacial score (nSPS) is 14.8. The molecular weight excluding hydrogens is 148 g/mol. The summed E-state index contributed by atoms with van der Waals surface area (Å²) in [7, 11) is 0. The number of nitrogens with two attached hydrogens (primary N) is 1. The van der Waals surface area contributed by atoms with E-state index in [-0.39, 0.29) is 0 Å². The topological polar surface area (TPSA) is 49.8 Å². The van der Waals surface area contributed by atoms with Gasteiger partial charge in [-0.15, -0.1) is 0 Å². The van der Waals surface area contributed by atoms with Crippen LogP contribution in [0.1, 0.15) is 18.1 Å². The van der Waals surface area contributed by atoms with Gasteiger partial charge in [0.1, 0.15) is 5.54 Å². The van der Waals surface area contributed by atoms with Crippen molar-refractivity contribution in [3.05, 3.63) is 35.4 Å². The number of nitrogens with zero attached hydrogens (tertiary/aromatic N) is 1. The smallest absolute Gasteiger partial charge is 0.126 e. The first-order valence-corrected chi connectivity index (χ1v) is 3.83. The van der Waals surface area contributed by atoms with Crippen molar-refractivity contribution in [2.45, 2.75) is 19.4 Å². The van der Waals surface area contributed by atoms with Crippen LogP contribution in [-0.2, 0) is 5.54 Å². The molecule has 1 atom stereocenters. The number of benzene rings is 1. The quantitative estimate of drug-likeness (QED) is 0.679. The van der Waals surface area contributed by atoms with E-state index in [2.05, 4.69) is 6.07 Å². The van der Waals surface area contributed by atoms with Crippen molar-refractivity contribution in [2.75, 3.05) is 0 Å². The third kappa shape index (κ3) is 1.63. The Hall–Kier alpha value is -1.33. The molecule has 0 bridgehead atoms. The van der Waals surface area contributed by atoms with Gasteiger partial charge in [-0.25, -0.2) is 0 Å². The second-order valence-electron chi connectivity index (χ2n) is 3.18. The van der Waals surface area contributed by atoms with Crippen LogP contribution in [0.2, 0.25) is 0 Å². The van der Waals surface area contributed by atoms with Crippen LogP contribution in [0.4, 0.5) is 0 Å². The molecule has 0 saturated heterocycles. The van der Waals surface area contributed by atoms with Crippen LogP contribution in [0, 0.1) is 18.3 Å². The van der Waals surface area contributed by atoms with Gasteiger partial charge in [0.2, 0.25) is 0 Å². The lowest BCUT2D eigenvalue weighted by molar-refractivity contribution is 0.646. The zero-order valence-electron chi connectivity index (χ0n) is 7.33. The van der Waals surface area contributed by atoms with E-state index < -0.39 is 5.54 Å². The Kier molecular flexibility index (Phi) is 2.16. The largest absolute Gasteiger partial charge is 0.310 e. The van der Waals surface area contributed by atoms with Crippen LogP contribution in [0.3, 0.4) is 0 Å². The lowest BCUT2D eigenvalue weighted by atomic mass is 9.94. The molecule has 0 aliphatic rings. The molecule has 0 spiro atoms. The summed E-state index contributed by atoms with van der Waals surface area (Å²) in [6.07, 6.45) is 0. The van der Waals surface area contributed by atoms with Crippen molar-refractivity contribution in [3.63, 3.8) is 0 Å². The van der Waals surface area contributed by atoms with Gasteiger partial charge < -0.3 is 5.73 Å². The van der Waals surface area contributed by atoms with E-state index in [0.717, 1.165) is 11.1 Å². The molecule has 0 heterocycles. The highest BCUT2D eigenvalue weighted by atomic mass is 14.7. The minimum Gasteiger partial charge on any atom is -0.310 e.